The Morgan fingerprint density at radius 1 is 0.741 bits per heavy atom. The maximum absolute atomic E-state index is 9.59. The van der Waals surface area contributed by atoms with Crippen molar-refractivity contribution in [3.05, 3.63) is 0 Å². The standard InChI is InChI=1S/C16H36N.H4O7P2.P/c1-5-9-13-17(14-10-6-2,15-11-7-3)16-12-8-4;1-8(2,3)7-9(4,5)6;/h5-16H2,1-4H3;(H2,1,2,3)(H2,4,5,6);/q+1;;+5/p-1. The molecular formula is C16H39NO7P3+5. The molecule has 8 nitrogen and oxygen atoms in total. The van der Waals surface area contributed by atoms with Crippen LogP contribution in [0.3, 0.4) is 0 Å². The number of unbranched alkanes of at least 4 members (excludes halogenated alkanes) is 4. The van der Waals surface area contributed by atoms with Crippen LogP contribution in [0.2, 0.25) is 0 Å². The van der Waals surface area contributed by atoms with Crippen molar-refractivity contribution in [1.82, 2.24) is 0 Å². The van der Waals surface area contributed by atoms with E-state index in [2.05, 4.69) is 32.0 Å². The van der Waals surface area contributed by atoms with E-state index in [1.54, 1.807) is 0 Å². The number of quaternary nitrogens is 1. The number of rotatable bonds is 14. The van der Waals surface area contributed by atoms with Crippen LogP contribution in [0.15, 0.2) is 0 Å². The minimum absolute atomic E-state index is 0. The van der Waals surface area contributed by atoms with E-state index in [0.29, 0.717) is 0 Å². The first-order chi connectivity index (χ1) is 11.9. The van der Waals surface area contributed by atoms with E-state index in [9.17, 15) is 14.0 Å². The average molecular weight is 450 g/mol. The Bertz CT molecular complexity index is 369. The third kappa shape index (κ3) is 22.8. The van der Waals surface area contributed by atoms with E-state index in [4.69, 9.17) is 14.7 Å². The molecule has 0 aliphatic rings. The molecule has 0 saturated heterocycles. The van der Waals surface area contributed by atoms with Gasteiger partial charge in [-0.3, -0.25) is 4.57 Å². The summed E-state index contributed by atoms with van der Waals surface area (Å²) in [5.41, 5.74) is 0. The fraction of sp³-hybridized carbons (Fsp3) is 1.00. The van der Waals surface area contributed by atoms with Crippen LogP contribution in [0.25, 0.3) is 0 Å². The zero-order valence-electron chi connectivity index (χ0n) is 17.2. The fourth-order valence-electron chi connectivity index (χ4n) is 2.78. The predicted octanol–water partition coefficient (Wildman–Crippen LogP) is 4.42. The smallest absolute Gasteiger partial charge is 0.756 e. The van der Waals surface area contributed by atoms with E-state index in [-0.39, 0.29) is 9.90 Å². The first-order valence-corrected chi connectivity index (χ1v) is 12.6. The molecule has 0 amide bonds. The van der Waals surface area contributed by atoms with E-state index < -0.39 is 15.6 Å². The Balaban J connectivity index is -0.000000491. The van der Waals surface area contributed by atoms with Gasteiger partial charge in [0.25, 0.3) is 7.82 Å². The van der Waals surface area contributed by atoms with Crippen molar-refractivity contribution in [2.24, 2.45) is 0 Å². The van der Waals surface area contributed by atoms with Crippen molar-refractivity contribution >= 4 is 25.5 Å². The Morgan fingerprint density at radius 3 is 1.11 bits per heavy atom. The second kappa shape index (κ2) is 17.5. The van der Waals surface area contributed by atoms with Crippen molar-refractivity contribution < 1.29 is 37.5 Å². The van der Waals surface area contributed by atoms with Gasteiger partial charge in [-0.15, -0.1) is 0 Å². The van der Waals surface area contributed by atoms with Crippen LogP contribution in [0.5, 0.6) is 0 Å². The minimum Gasteiger partial charge on any atom is -0.756 e. The molecule has 0 aromatic carbocycles. The largest absolute Gasteiger partial charge is 5.00 e. The van der Waals surface area contributed by atoms with Gasteiger partial charge in [-0.2, -0.15) is 0 Å². The molecule has 0 spiro atoms. The third-order valence-corrected chi connectivity index (χ3v) is 5.83. The van der Waals surface area contributed by atoms with Crippen molar-refractivity contribution in [1.29, 1.82) is 0 Å². The van der Waals surface area contributed by atoms with Crippen LogP contribution in [0.4, 0.5) is 0 Å². The number of hydrogen-bond acceptors (Lipinski definition) is 4. The first kappa shape index (κ1) is 32.3. The molecule has 0 rings (SSSR count). The summed E-state index contributed by atoms with van der Waals surface area (Å²) in [6.45, 7) is 15.0. The Morgan fingerprint density at radius 2 is 1.00 bits per heavy atom. The van der Waals surface area contributed by atoms with E-state index in [1.807, 2.05) is 0 Å². The van der Waals surface area contributed by atoms with Crippen LogP contribution >= 0.6 is 25.5 Å². The van der Waals surface area contributed by atoms with Gasteiger partial charge in [0, 0.05) is 0 Å². The molecule has 0 bridgehead atoms. The molecule has 0 aromatic heterocycles. The van der Waals surface area contributed by atoms with Crippen LogP contribution in [0, 0.1) is 0 Å². The van der Waals surface area contributed by atoms with E-state index in [0.717, 1.165) is 0 Å². The molecule has 0 fully saturated rings. The van der Waals surface area contributed by atoms with Gasteiger partial charge in [0.2, 0.25) is 0 Å². The fourth-order valence-corrected chi connectivity index (χ4v) is 3.85. The van der Waals surface area contributed by atoms with Crippen LogP contribution in [0.1, 0.15) is 79.1 Å². The zero-order valence-corrected chi connectivity index (χ0v) is 19.9. The maximum atomic E-state index is 9.59. The minimum atomic E-state index is -5.30. The molecule has 0 aromatic rings. The summed E-state index contributed by atoms with van der Waals surface area (Å²) in [6.07, 6.45) is 11.1. The average Bonchev–Trinajstić information content (AvgIpc) is 2.50. The molecule has 1 unspecified atom stereocenters. The molecule has 3 N–H and O–H groups in total. The van der Waals surface area contributed by atoms with Crippen molar-refractivity contribution in [2.75, 3.05) is 26.2 Å². The number of phosphoric acid groups is 2. The van der Waals surface area contributed by atoms with Gasteiger partial charge in [-0.1, -0.05) is 53.4 Å². The summed E-state index contributed by atoms with van der Waals surface area (Å²) in [6, 6.07) is 0. The van der Waals surface area contributed by atoms with Crippen molar-refractivity contribution in [2.45, 2.75) is 79.1 Å². The topological polar surface area (TPSA) is 127 Å². The van der Waals surface area contributed by atoms with Gasteiger partial charge in [-0.05, 0) is 25.7 Å². The predicted molar refractivity (Wildman–Crippen MR) is 109 cm³/mol. The van der Waals surface area contributed by atoms with Crippen molar-refractivity contribution in [3.8, 4) is 0 Å². The molecule has 0 aliphatic heterocycles. The molecule has 0 heterocycles. The normalized spacial score (nSPS) is 13.9. The van der Waals surface area contributed by atoms with Crippen LogP contribution < -0.4 is 4.89 Å². The van der Waals surface area contributed by atoms with Crippen LogP contribution in [-0.2, 0) is 13.4 Å². The van der Waals surface area contributed by atoms with Gasteiger partial charge in [-0.25, -0.2) is 8.88 Å². The van der Waals surface area contributed by atoms with Gasteiger partial charge in [0.05, 0.1) is 26.2 Å². The molecule has 0 radical (unpaired) electrons. The maximum Gasteiger partial charge on any atom is 5.00 e. The summed E-state index contributed by atoms with van der Waals surface area (Å²) in [5.74, 6) is 0. The summed E-state index contributed by atoms with van der Waals surface area (Å²) >= 11 is 0. The Labute approximate surface area is 168 Å². The number of nitrogens with zero attached hydrogens (tertiary/aromatic N) is 1. The zero-order chi connectivity index (χ0) is 20.7. The molecule has 11 heteroatoms. The molecule has 27 heavy (non-hydrogen) atoms. The Kier molecular flexibility index (Phi) is 21.0. The summed E-state index contributed by atoms with van der Waals surface area (Å²) in [4.78, 5) is 32.6. The molecular weight excluding hydrogens is 411 g/mol. The second-order valence-electron chi connectivity index (χ2n) is 6.69. The summed E-state index contributed by atoms with van der Waals surface area (Å²) < 4.78 is 23.4. The molecule has 160 valence electrons. The van der Waals surface area contributed by atoms with Crippen molar-refractivity contribution in [3.63, 3.8) is 0 Å². The number of hydrogen-bond donors (Lipinski definition) is 3. The quantitative estimate of drug-likeness (QED) is 0.264. The molecule has 0 saturated carbocycles. The Hall–Kier alpha value is 0.650. The summed E-state index contributed by atoms with van der Waals surface area (Å²) in [5, 5.41) is 0. The van der Waals surface area contributed by atoms with Gasteiger partial charge in [0.1, 0.15) is 0 Å². The molecule has 0 aliphatic carbocycles. The monoisotopic (exact) mass is 450 g/mol. The van der Waals surface area contributed by atoms with E-state index >= 15 is 0 Å². The third-order valence-electron chi connectivity index (χ3n) is 4.15. The molecule has 1 atom stereocenters. The van der Waals surface area contributed by atoms with E-state index in [1.165, 1.54) is 82.0 Å². The van der Waals surface area contributed by atoms with Gasteiger partial charge < -0.3 is 24.1 Å². The first-order valence-electron chi connectivity index (χ1n) is 9.61. The SMILES string of the molecule is CCCC[N+](CCCC)(CCCC)CCCC.O=P([O-])(O)OP(=O)(O)O.[P+5]. The van der Waals surface area contributed by atoms with Gasteiger partial charge >= 0.3 is 17.7 Å². The van der Waals surface area contributed by atoms with Crippen LogP contribution in [-0.4, -0.2) is 45.3 Å². The summed E-state index contributed by atoms with van der Waals surface area (Å²) in [7, 11) is -10.4. The van der Waals surface area contributed by atoms with Gasteiger partial charge in [0.15, 0.2) is 0 Å². The second-order valence-corrected chi connectivity index (χ2v) is 9.26.